The maximum atomic E-state index is 12.6. The van der Waals surface area contributed by atoms with Gasteiger partial charge in [0, 0.05) is 46.8 Å². The Kier molecular flexibility index (Phi) is 6.38. The highest BCUT2D eigenvalue weighted by atomic mass is 16.3. The monoisotopic (exact) mass is 508 g/mol. The predicted octanol–water partition coefficient (Wildman–Crippen LogP) is 2.90. The number of aliphatic hydroxyl groups is 1. The van der Waals surface area contributed by atoms with Crippen molar-refractivity contribution in [3.63, 3.8) is 0 Å². The van der Waals surface area contributed by atoms with Gasteiger partial charge in [0.2, 0.25) is 0 Å². The number of benzene rings is 3. The summed E-state index contributed by atoms with van der Waals surface area (Å²) in [7, 11) is 0. The minimum Gasteiger partial charge on any atom is -0.369 e. The molecule has 0 spiro atoms. The van der Waals surface area contributed by atoms with Gasteiger partial charge in [-0.15, -0.1) is 0 Å². The van der Waals surface area contributed by atoms with Crippen LogP contribution in [0, 0.1) is 0 Å². The van der Waals surface area contributed by atoms with Crippen molar-refractivity contribution >= 4 is 52.3 Å². The van der Waals surface area contributed by atoms with Gasteiger partial charge in [0.05, 0.1) is 11.4 Å². The number of hydrogen-bond donors (Lipinski definition) is 3. The number of anilines is 4. The first-order valence-corrected chi connectivity index (χ1v) is 11.5. The molecule has 5 amide bonds. The van der Waals surface area contributed by atoms with Crippen molar-refractivity contribution in [2.75, 3.05) is 20.4 Å². The first-order valence-electron chi connectivity index (χ1n) is 11.5. The molecule has 2 aliphatic heterocycles. The standard InChI is InChI=1S/C28H20N4O6/c33-23-13-14-24(34)31(23)21-9-1-17(2-10-21)27(37)29-19-5-7-20(8-6-19)30-28(38)18-3-11-22(12-4-18)32-25(35)15-16-26(32)36/h1-16,27,29,37H,(H,30,38). The zero-order valence-corrected chi connectivity index (χ0v) is 19.7. The first kappa shape index (κ1) is 24.3. The van der Waals surface area contributed by atoms with E-state index in [-0.39, 0.29) is 5.91 Å². The molecule has 0 saturated carbocycles. The molecular weight excluding hydrogens is 488 g/mol. The molecule has 2 heterocycles. The lowest BCUT2D eigenvalue weighted by molar-refractivity contribution is -0.121. The molecule has 188 valence electrons. The minimum absolute atomic E-state index is 0.343. The Morgan fingerprint density at radius 3 is 1.50 bits per heavy atom. The molecule has 10 nitrogen and oxygen atoms in total. The average Bonchev–Trinajstić information content (AvgIpc) is 3.44. The Labute approximate surface area is 216 Å². The Hall–Kier alpha value is -5.35. The van der Waals surface area contributed by atoms with Gasteiger partial charge in [-0.3, -0.25) is 24.0 Å². The SMILES string of the molecule is O=C(Nc1ccc(NC(O)c2ccc(N3C(=O)C=CC3=O)cc2)cc1)c1ccc(N2C(=O)C=CC2=O)cc1. The molecule has 3 aromatic carbocycles. The lowest BCUT2D eigenvalue weighted by atomic mass is 10.1. The molecule has 0 saturated heterocycles. The van der Waals surface area contributed by atoms with E-state index in [0.29, 0.717) is 33.9 Å². The third kappa shape index (κ3) is 4.84. The van der Waals surface area contributed by atoms with Gasteiger partial charge in [0.15, 0.2) is 6.23 Å². The molecule has 0 radical (unpaired) electrons. The van der Waals surface area contributed by atoms with E-state index in [1.165, 1.54) is 48.6 Å². The van der Waals surface area contributed by atoms with Crippen LogP contribution in [-0.4, -0.2) is 34.6 Å². The van der Waals surface area contributed by atoms with Gasteiger partial charge in [-0.2, -0.15) is 0 Å². The van der Waals surface area contributed by atoms with E-state index in [1.54, 1.807) is 48.5 Å². The van der Waals surface area contributed by atoms with Crippen molar-refractivity contribution in [3.05, 3.63) is 108 Å². The van der Waals surface area contributed by atoms with Crippen LogP contribution in [0.5, 0.6) is 0 Å². The third-order valence-electron chi connectivity index (χ3n) is 5.92. The predicted molar refractivity (Wildman–Crippen MR) is 139 cm³/mol. The summed E-state index contributed by atoms with van der Waals surface area (Å²) >= 11 is 0. The zero-order chi connectivity index (χ0) is 26.8. The van der Waals surface area contributed by atoms with Crippen LogP contribution in [0.2, 0.25) is 0 Å². The number of nitrogens with zero attached hydrogens (tertiary/aromatic N) is 2. The van der Waals surface area contributed by atoms with Crippen LogP contribution < -0.4 is 20.4 Å². The second-order valence-electron chi connectivity index (χ2n) is 8.41. The van der Waals surface area contributed by atoms with Crippen LogP contribution in [0.3, 0.4) is 0 Å². The number of nitrogens with one attached hydrogen (secondary N) is 2. The highest BCUT2D eigenvalue weighted by Gasteiger charge is 2.26. The van der Waals surface area contributed by atoms with Crippen LogP contribution >= 0.6 is 0 Å². The maximum Gasteiger partial charge on any atom is 0.258 e. The van der Waals surface area contributed by atoms with Crippen molar-refractivity contribution in [1.82, 2.24) is 0 Å². The van der Waals surface area contributed by atoms with Gasteiger partial charge in [0.1, 0.15) is 0 Å². The van der Waals surface area contributed by atoms with Crippen molar-refractivity contribution in [2.24, 2.45) is 0 Å². The van der Waals surface area contributed by atoms with Gasteiger partial charge in [-0.05, 0) is 60.7 Å². The number of rotatable bonds is 7. The van der Waals surface area contributed by atoms with Gasteiger partial charge in [-0.25, -0.2) is 9.80 Å². The van der Waals surface area contributed by atoms with E-state index in [9.17, 15) is 29.1 Å². The molecule has 5 rings (SSSR count). The fourth-order valence-corrected chi connectivity index (χ4v) is 3.97. The number of carbonyl (C=O) groups is 5. The number of imide groups is 2. The Balaban J connectivity index is 1.17. The molecule has 38 heavy (non-hydrogen) atoms. The minimum atomic E-state index is -1.06. The Morgan fingerprint density at radius 1 is 0.605 bits per heavy atom. The van der Waals surface area contributed by atoms with Gasteiger partial charge >= 0.3 is 0 Å². The number of carbonyl (C=O) groups excluding carboxylic acids is 5. The van der Waals surface area contributed by atoms with E-state index < -0.39 is 29.9 Å². The molecule has 1 unspecified atom stereocenters. The lowest BCUT2D eigenvalue weighted by Crippen LogP contribution is -2.29. The van der Waals surface area contributed by atoms with Crippen LogP contribution in [0.1, 0.15) is 22.1 Å². The molecule has 0 aliphatic carbocycles. The molecular formula is C28H20N4O6. The summed E-state index contributed by atoms with van der Waals surface area (Å²) in [5.74, 6) is -2.08. The van der Waals surface area contributed by atoms with Crippen LogP contribution in [-0.2, 0) is 19.2 Å². The van der Waals surface area contributed by atoms with E-state index in [0.717, 1.165) is 9.80 Å². The Morgan fingerprint density at radius 2 is 1.03 bits per heavy atom. The summed E-state index contributed by atoms with van der Waals surface area (Å²) in [5, 5.41) is 16.2. The van der Waals surface area contributed by atoms with Crippen molar-refractivity contribution in [2.45, 2.75) is 6.23 Å². The average molecular weight is 508 g/mol. The van der Waals surface area contributed by atoms with E-state index in [1.807, 2.05) is 0 Å². The van der Waals surface area contributed by atoms with Gasteiger partial charge < -0.3 is 15.7 Å². The zero-order valence-electron chi connectivity index (χ0n) is 19.7. The molecule has 0 fully saturated rings. The molecule has 1 atom stereocenters. The summed E-state index contributed by atoms with van der Waals surface area (Å²) in [4.78, 5) is 61.9. The number of amides is 5. The van der Waals surface area contributed by atoms with E-state index >= 15 is 0 Å². The third-order valence-corrected chi connectivity index (χ3v) is 5.92. The molecule has 10 heteroatoms. The number of aliphatic hydroxyl groups excluding tert-OH is 1. The van der Waals surface area contributed by atoms with Gasteiger partial charge in [-0.1, -0.05) is 12.1 Å². The quantitative estimate of drug-likeness (QED) is 0.330. The highest BCUT2D eigenvalue weighted by molar-refractivity contribution is 6.28. The summed E-state index contributed by atoms with van der Waals surface area (Å²) in [6.07, 6.45) is 3.73. The lowest BCUT2D eigenvalue weighted by Gasteiger charge is -2.17. The normalized spacial score (nSPS) is 15.4. The summed E-state index contributed by atoms with van der Waals surface area (Å²) < 4.78 is 0. The van der Waals surface area contributed by atoms with Crippen LogP contribution in [0.15, 0.2) is 97.1 Å². The Bertz CT molecular complexity index is 1470. The van der Waals surface area contributed by atoms with Crippen LogP contribution in [0.4, 0.5) is 22.7 Å². The molecule has 0 aromatic heterocycles. The fourth-order valence-electron chi connectivity index (χ4n) is 3.97. The first-order chi connectivity index (χ1) is 18.3. The summed E-state index contributed by atoms with van der Waals surface area (Å²) in [6.45, 7) is 0. The summed E-state index contributed by atoms with van der Waals surface area (Å²) in [6, 6.07) is 19.1. The van der Waals surface area contributed by atoms with Crippen molar-refractivity contribution in [1.29, 1.82) is 0 Å². The largest absolute Gasteiger partial charge is 0.369 e. The smallest absolute Gasteiger partial charge is 0.258 e. The topological polar surface area (TPSA) is 136 Å². The molecule has 2 aliphatic rings. The maximum absolute atomic E-state index is 12.6. The summed E-state index contributed by atoms with van der Waals surface area (Å²) in [5.41, 5.74) is 2.76. The van der Waals surface area contributed by atoms with Crippen molar-refractivity contribution < 1.29 is 29.1 Å². The fraction of sp³-hybridized carbons (Fsp3) is 0.0357. The second kappa shape index (κ2) is 9.96. The van der Waals surface area contributed by atoms with Gasteiger partial charge in [0.25, 0.3) is 29.5 Å². The van der Waals surface area contributed by atoms with E-state index in [2.05, 4.69) is 10.6 Å². The molecule has 3 N–H and O–H groups in total. The van der Waals surface area contributed by atoms with E-state index in [4.69, 9.17) is 0 Å². The molecule has 0 bridgehead atoms. The second-order valence-corrected chi connectivity index (χ2v) is 8.41. The van der Waals surface area contributed by atoms with Crippen molar-refractivity contribution in [3.8, 4) is 0 Å². The van der Waals surface area contributed by atoms with Crippen LogP contribution in [0.25, 0.3) is 0 Å². The molecule has 3 aromatic rings. The number of hydrogen-bond acceptors (Lipinski definition) is 7. The highest BCUT2D eigenvalue weighted by Crippen LogP contribution is 2.25.